The average molecular weight is 571 g/mol. The molecule has 1 fully saturated rings. The third-order valence-electron chi connectivity index (χ3n) is 9.45. The predicted molar refractivity (Wildman–Crippen MR) is 140 cm³/mol. The molecule has 5 aliphatic rings. The first kappa shape index (κ1) is 27.4. The summed E-state index contributed by atoms with van der Waals surface area (Å²) in [5.74, 6) is -9.33. The summed E-state index contributed by atoms with van der Waals surface area (Å²) >= 11 is 0. The van der Waals surface area contributed by atoms with Gasteiger partial charge in [-0.1, -0.05) is 6.42 Å². The fraction of sp³-hybridized carbons (Fsp3) is 0.500. The molecule has 6 rings (SSSR count). The van der Waals surface area contributed by atoms with Crippen molar-refractivity contribution in [3.63, 3.8) is 0 Å². The van der Waals surface area contributed by atoms with Gasteiger partial charge in [-0.15, -0.1) is 0 Å². The second-order valence-corrected chi connectivity index (χ2v) is 11.8. The summed E-state index contributed by atoms with van der Waals surface area (Å²) < 4.78 is 16.3. The maximum atomic E-state index is 16.3. The lowest BCUT2D eigenvalue weighted by Gasteiger charge is -2.50. The van der Waals surface area contributed by atoms with Crippen LogP contribution in [0, 0.1) is 17.7 Å². The standard InChI is InChI=1S/C28H31FN4O8/c1-32(2)20-13-8-10-7-11-16(21(34)15(10)24(37)28(13,41)25(38)17(23(20)36)26(30)39)22(35)19-12(18(11)29)9-33-6-4-3-5-14(33)27(40)31-19/h10,13-14,20,35-37,41H,3-9H2,1-2H3,(H2,30,39)(H,31,40)/t10-,13-,14+,20-,28-/m0/s1. The Bertz CT molecular complexity index is 1520. The fourth-order valence-electron chi connectivity index (χ4n) is 7.57. The molecule has 41 heavy (non-hydrogen) atoms. The molecule has 7 N–H and O–H groups in total. The molecular weight excluding hydrogens is 539 g/mol. The van der Waals surface area contributed by atoms with E-state index in [-0.39, 0.29) is 36.2 Å². The van der Waals surface area contributed by atoms with Crippen molar-refractivity contribution >= 4 is 29.1 Å². The summed E-state index contributed by atoms with van der Waals surface area (Å²) in [7, 11) is 3.06. The van der Waals surface area contributed by atoms with Gasteiger partial charge in [0.15, 0.2) is 17.1 Å². The van der Waals surface area contributed by atoms with Gasteiger partial charge < -0.3 is 31.5 Å². The number of likely N-dealkylation sites (N-methyl/N-ethyl adjacent to an activating group) is 1. The van der Waals surface area contributed by atoms with Crippen LogP contribution in [0.3, 0.4) is 0 Å². The number of benzene rings is 1. The van der Waals surface area contributed by atoms with Crippen LogP contribution >= 0.6 is 0 Å². The number of carbonyl (C=O) groups excluding carboxylic acids is 4. The zero-order valence-corrected chi connectivity index (χ0v) is 22.5. The molecule has 0 saturated carbocycles. The summed E-state index contributed by atoms with van der Waals surface area (Å²) in [6, 6.07) is -1.65. The van der Waals surface area contributed by atoms with Gasteiger partial charge in [0.05, 0.1) is 23.3 Å². The summed E-state index contributed by atoms with van der Waals surface area (Å²) in [6.45, 7) is 0.619. The molecule has 1 aromatic rings. The molecular formula is C28H31FN4O8. The van der Waals surface area contributed by atoms with Gasteiger partial charge in [0.2, 0.25) is 11.7 Å². The van der Waals surface area contributed by atoms with Crippen LogP contribution < -0.4 is 11.1 Å². The number of nitrogens with zero attached hydrogens (tertiary/aromatic N) is 2. The number of phenols is 1. The largest absolute Gasteiger partial charge is 0.510 e. The van der Waals surface area contributed by atoms with E-state index in [0.29, 0.717) is 13.0 Å². The number of nitrogens with one attached hydrogen (secondary N) is 1. The van der Waals surface area contributed by atoms with Crippen molar-refractivity contribution in [2.45, 2.75) is 56.3 Å². The fourth-order valence-corrected chi connectivity index (χ4v) is 7.57. The maximum absolute atomic E-state index is 16.3. The number of carbonyl (C=O) groups is 4. The van der Waals surface area contributed by atoms with Gasteiger partial charge in [0.1, 0.15) is 22.9 Å². The van der Waals surface area contributed by atoms with Crippen LogP contribution in [0.25, 0.3) is 0 Å². The highest BCUT2D eigenvalue weighted by Gasteiger charge is 2.63. The normalized spacial score (nSPS) is 31.6. The van der Waals surface area contributed by atoms with E-state index < -0.39 is 92.7 Å². The minimum atomic E-state index is -2.79. The molecule has 2 amide bonds. The van der Waals surface area contributed by atoms with Crippen molar-refractivity contribution < 1.29 is 44.0 Å². The average Bonchev–Trinajstić information content (AvgIpc) is 3.05. The lowest BCUT2D eigenvalue weighted by Crippen LogP contribution is -2.63. The first-order valence-corrected chi connectivity index (χ1v) is 13.6. The van der Waals surface area contributed by atoms with Crippen LogP contribution in [0.5, 0.6) is 5.75 Å². The predicted octanol–water partition coefficient (Wildman–Crippen LogP) is 0.566. The second kappa shape index (κ2) is 9.10. The lowest BCUT2D eigenvalue weighted by atomic mass is 9.58. The Kier molecular flexibility index (Phi) is 6.07. The van der Waals surface area contributed by atoms with Gasteiger partial charge in [-0.05, 0) is 52.2 Å². The number of piperidine rings is 1. The molecule has 5 atom stereocenters. The number of rotatable bonds is 2. The Labute approximate surface area is 233 Å². The highest BCUT2D eigenvalue weighted by atomic mass is 19.1. The quantitative estimate of drug-likeness (QED) is 0.216. The van der Waals surface area contributed by atoms with Gasteiger partial charge in [-0.2, -0.15) is 0 Å². The smallest absolute Gasteiger partial charge is 0.255 e. The number of anilines is 1. The molecule has 13 heteroatoms. The van der Waals surface area contributed by atoms with Crippen LogP contribution in [0.1, 0.15) is 47.2 Å². The Hall–Kier alpha value is -3.81. The third kappa shape index (κ3) is 3.55. The Morgan fingerprint density at radius 3 is 2.51 bits per heavy atom. The van der Waals surface area contributed by atoms with Gasteiger partial charge in [0, 0.05) is 29.2 Å². The van der Waals surface area contributed by atoms with Crippen LogP contribution in [0.15, 0.2) is 22.7 Å². The van der Waals surface area contributed by atoms with Crippen LogP contribution in [0.2, 0.25) is 0 Å². The highest BCUT2D eigenvalue weighted by molar-refractivity contribution is 6.25. The molecule has 0 radical (unpaired) electrons. The summed E-state index contributed by atoms with van der Waals surface area (Å²) in [5, 5.41) is 47.8. The van der Waals surface area contributed by atoms with E-state index >= 15 is 4.39 Å². The molecule has 12 nitrogen and oxygen atoms in total. The van der Waals surface area contributed by atoms with Gasteiger partial charge in [0.25, 0.3) is 5.91 Å². The molecule has 0 bridgehead atoms. The Morgan fingerprint density at radius 1 is 1.15 bits per heavy atom. The highest BCUT2D eigenvalue weighted by Crippen LogP contribution is 2.53. The Morgan fingerprint density at radius 2 is 1.85 bits per heavy atom. The Balaban J connectivity index is 1.52. The van der Waals surface area contributed by atoms with Crippen molar-refractivity contribution in [1.29, 1.82) is 0 Å². The van der Waals surface area contributed by atoms with E-state index in [0.717, 1.165) is 12.8 Å². The maximum Gasteiger partial charge on any atom is 0.255 e. The first-order chi connectivity index (χ1) is 19.3. The SMILES string of the molecule is CN(C)[C@@H]1C(O)=C(C(N)=O)C(=O)[C@@]2(O)C(O)=C3C(=O)c4c(O)c5c(c(F)c4C[C@H]3C[C@@H]12)CN1CCCC[C@@H]1C(=O)N5. The van der Waals surface area contributed by atoms with Crippen LogP contribution in [-0.2, 0) is 27.3 Å². The number of nitrogens with two attached hydrogens (primary N) is 1. The minimum Gasteiger partial charge on any atom is -0.510 e. The van der Waals surface area contributed by atoms with E-state index in [1.165, 1.54) is 19.0 Å². The number of allylic oxidation sites excluding steroid dienone is 1. The lowest BCUT2D eigenvalue weighted by molar-refractivity contribution is -0.148. The number of aliphatic hydroxyl groups excluding tert-OH is 2. The van der Waals surface area contributed by atoms with Gasteiger partial charge in [-0.3, -0.25) is 29.0 Å². The topological polar surface area (TPSA) is 194 Å². The van der Waals surface area contributed by atoms with Crippen molar-refractivity contribution in [1.82, 2.24) is 9.80 Å². The number of primary amides is 1. The number of Topliss-reactive ketones (excluding diaryl/α,β-unsaturated/α-hetero) is 2. The molecule has 0 unspecified atom stereocenters. The number of ketones is 2. The van der Waals surface area contributed by atoms with E-state index in [2.05, 4.69) is 5.32 Å². The molecule has 2 heterocycles. The number of aliphatic hydroxyl groups is 3. The number of aromatic hydroxyl groups is 1. The van der Waals surface area contributed by atoms with Gasteiger partial charge in [-0.25, -0.2) is 4.39 Å². The van der Waals surface area contributed by atoms with E-state index in [1.807, 2.05) is 4.90 Å². The number of hydrogen-bond donors (Lipinski definition) is 6. The van der Waals surface area contributed by atoms with Crippen molar-refractivity contribution in [2.24, 2.45) is 17.6 Å². The van der Waals surface area contributed by atoms with Crippen molar-refractivity contribution in [2.75, 3.05) is 26.0 Å². The molecule has 1 aromatic carbocycles. The first-order valence-electron chi connectivity index (χ1n) is 13.6. The molecule has 0 aromatic heterocycles. The molecule has 1 saturated heterocycles. The summed E-state index contributed by atoms with van der Waals surface area (Å²) in [4.78, 5) is 55.7. The van der Waals surface area contributed by atoms with E-state index in [1.54, 1.807) is 0 Å². The van der Waals surface area contributed by atoms with Crippen LogP contribution in [0.4, 0.5) is 10.1 Å². The molecule has 218 valence electrons. The third-order valence-corrected chi connectivity index (χ3v) is 9.45. The van der Waals surface area contributed by atoms with Gasteiger partial charge >= 0.3 is 0 Å². The number of phenolic OH excluding ortho intramolecular Hbond substituents is 1. The van der Waals surface area contributed by atoms with Crippen molar-refractivity contribution in [3.05, 3.63) is 45.2 Å². The molecule has 3 aliphatic carbocycles. The second-order valence-electron chi connectivity index (χ2n) is 11.8. The van der Waals surface area contributed by atoms with Crippen LogP contribution in [-0.4, -0.2) is 91.9 Å². The number of amides is 2. The van der Waals surface area contributed by atoms with E-state index in [4.69, 9.17) is 5.73 Å². The summed E-state index contributed by atoms with van der Waals surface area (Å²) in [5.41, 5.74) is 0.532. The molecule has 2 aliphatic heterocycles. The van der Waals surface area contributed by atoms with Crippen molar-refractivity contribution in [3.8, 4) is 5.75 Å². The number of hydrogen-bond acceptors (Lipinski definition) is 10. The molecule has 0 spiro atoms. The number of halogens is 1. The monoisotopic (exact) mass is 570 g/mol. The number of fused-ring (bicyclic) bond motifs is 5. The zero-order chi connectivity index (χ0) is 29.7. The summed E-state index contributed by atoms with van der Waals surface area (Å²) in [6.07, 6.45) is 1.91. The zero-order valence-electron chi connectivity index (χ0n) is 22.5. The van der Waals surface area contributed by atoms with E-state index in [9.17, 15) is 39.6 Å². The minimum absolute atomic E-state index is 0.0480.